The van der Waals surface area contributed by atoms with Crippen LogP contribution in [-0.2, 0) is 16.6 Å². The molecule has 7 nitrogen and oxygen atoms in total. The molecule has 0 atom stereocenters. The van der Waals surface area contributed by atoms with Gasteiger partial charge in [-0.15, -0.1) is 0 Å². The molecule has 0 aliphatic heterocycles. The Bertz CT molecular complexity index is 1590. The van der Waals surface area contributed by atoms with Gasteiger partial charge in [-0.2, -0.15) is 5.10 Å². The predicted octanol–water partition coefficient (Wildman–Crippen LogP) is 5.44. The van der Waals surface area contributed by atoms with Crippen molar-refractivity contribution < 1.29 is 13.2 Å². The molecular formula is C30H32N4O3S. The van der Waals surface area contributed by atoms with E-state index in [1.807, 2.05) is 57.2 Å². The summed E-state index contributed by atoms with van der Waals surface area (Å²) in [6, 6.07) is 24.5. The second-order valence-electron chi connectivity index (χ2n) is 9.50. The van der Waals surface area contributed by atoms with E-state index in [-0.39, 0.29) is 12.5 Å². The van der Waals surface area contributed by atoms with Crippen molar-refractivity contribution >= 4 is 27.8 Å². The molecule has 1 N–H and O–H groups in total. The zero-order valence-corrected chi connectivity index (χ0v) is 23.1. The fourth-order valence-electron chi connectivity index (χ4n) is 4.35. The number of hydrogen-bond donors (Lipinski definition) is 1. The molecule has 0 fully saturated rings. The summed E-state index contributed by atoms with van der Waals surface area (Å²) in [6.07, 6.45) is 2.81. The van der Waals surface area contributed by atoms with E-state index in [0.29, 0.717) is 11.3 Å². The van der Waals surface area contributed by atoms with Crippen LogP contribution in [0.1, 0.15) is 44.0 Å². The van der Waals surface area contributed by atoms with Gasteiger partial charge in [-0.25, -0.2) is 13.8 Å². The third-order valence-electron chi connectivity index (χ3n) is 6.36. The molecule has 196 valence electrons. The lowest BCUT2D eigenvalue weighted by molar-refractivity contribution is 0.0955. The van der Waals surface area contributed by atoms with Gasteiger partial charge in [-0.3, -0.25) is 9.10 Å². The highest BCUT2D eigenvalue weighted by molar-refractivity contribution is 7.92. The summed E-state index contributed by atoms with van der Waals surface area (Å²) < 4.78 is 28.4. The first-order chi connectivity index (χ1) is 18.0. The average molecular weight is 529 g/mol. The Hall–Kier alpha value is -4.17. The molecule has 0 aliphatic rings. The first-order valence-electron chi connectivity index (χ1n) is 12.3. The number of anilines is 1. The quantitative estimate of drug-likeness (QED) is 0.244. The Morgan fingerprint density at radius 2 is 1.61 bits per heavy atom. The molecular weight excluding hydrogens is 496 g/mol. The van der Waals surface area contributed by atoms with Crippen LogP contribution in [0.4, 0.5) is 5.69 Å². The normalized spacial score (nSPS) is 11.6. The molecule has 38 heavy (non-hydrogen) atoms. The summed E-state index contributed by atoms with van der Waals surface area (Å²) >= 11 is 0. The SMILES string of the molecule is Cc1ccc(CN(c2ccc(C(=O)N/N=C\c3cc(C)n(-c4cccc(C)c4)c3C)cc2)S(C)(=O)=O)cc1. The largest absolute Gasteiger partial charge is 0.318 e. The van der Waals surface area contributed by atoms with Crippen LogP contribution in [0.25, 0.3) is 5.69 Å². The Balaban J connectivity index is 1.46. The number of sulfonamides is 1. The first kappa shape index (κ1) is 26.9. The second kappa shape index (κ2) is 11.1. The molecule has 0 radical (unpaired) electrons. The maximum atomic E-state index is 12.7. The standard InChI is InChI=1S/C30H32N4O3S/c1-21-9-11-25(12-10-21)20-33(38(5,36)37)28-15-13-26(14-16-28)30(35)32-31-19-27-18-23(3)34(24(27)4)29-8-6-7-22(2)17-29/h6-19H,20H2,1-5H3,(H,32,35)/b31-19-. The van der Waals surface area contributed by atoms with Crippen molar-refractivity contribution in [2.24, 2.45) is 5.10 Å². The Morgan fingerprint density at radius 3 is 2.24 bits per heavy atom. The Labute approximate surface area is 224 Å². The van der Waals surface area contributed by atoms with Crippen molar-refractivity contribution in [3.8, 4) is 5.69 Å². The maximum absolute atomic E-state index is 12.7. The van der Waals surface area contributed by atoms with Gasteiger partial charge < -0.3 is 4.57 Å². The molecule has 1 aromatic heterocycles. The van der Waals surface area contributed by atoms with Crippen molar-refractivity contribution in [1.29, 1.82) is 0 Å². The van der Waals surface area contributed by atoms with Crippen molar-refractivity contribution in [2.75, 3.05) is 10.6 Å². The number of aromatic nitrogens is 1. The van der Waals surface area contributed by atoms with Crippen molar-refractivity contribution in [1.82, 2.24) is 9.99 Å². The van der Waals surface area contributed by atoms with Gasteiger partial charge in [0.1, 0.15) is 0 Å². The number of carbonyl (C=O) groups is 1. The Kier molecular flexibility index (Phi) is 7.83. The molecule has 0 aliphatic carbocycles. The van der Waals surface area contributed by atoms with Gasteiger partial charge >= 0.3 is 0 Å². The summed E-state index contributed by atoms with van der Waals surface area (Å²) in [5.74, 6) is -0.385. The van der Waals surface area contributed by atoms with Crippen molar-refractivity contribution in [3.63, 3.8) is 0 Å². The molecule has 1 amide bonds. The van der Waals surface area contributed by atoms with Crippen LogP contribution in [0.3, 0.4) is 0 Å². The van der Waals surface area contributed by atoms with Gasteiger partial charge in [-0.05, 0) is 81.3 Å². The summed E-state index contributed by atoms with van der Waals surface area (Å²) in [5.41, 5.74) is 10.6. The molecule has 3 aromatic carbocycles. The van der Waals surface area contributed by atoms with E-state index in [0.717, 1.165) is 33.8 Å². The first-order valence-corrected chi connectivity index (χ1v) is 14.1. The fraction of sp³-hybridized carbons (Fsp3) is 0.200. The third-order valence-corrected chi connectivity index (χ3v) is 7.51. The molecule has 0 saturated heterocycles. The van der Waals surface area contributed by atoms with Crippen LogP contribution in [-0.4, -0.2) is 31.4 Å². The van der Waals surface area contributed by atoms with Crippen LogP contribution < -0.4 is 9.73 Å². The van der Waals surface area contributed by atoms with Gasteiger partial charge in [0.25, 0.3) is 5.91 Å². The molecule has 8 heteroatoms. The summed E-state index contributed by atoms with van der Waals surface area (Å²) in [5, 5.41) is 4.16. The highest BCUT2D eigenvalue weighted by Gasteiger charge is 2.18. The summed E-state index contributed by atoms with van der Waals surface area (Å²) in [6.45, 7) is 8.29. The maximum Gasteiger partial charge on any atom is 0.271 e. The molecule has 0 bridgehead atoms. The van der Waals surface area contributed by atoms with Crippen molar-refractivity contribution in [2.45, 2.75) is 34.2 Å². The minimum Gasteiger partial charge on any atom is -0.318 e. The summed E-state index contributed by atoms with van der Waals surface area (Å²) in [7, 11) is -3.53. The van der Waals surface area contributed by atoms with E-state index < -0.39 is 10.0 Å². The zero-order chi connectivity index (χ0) is 27.4. The topological polar surface area (TPSA) is 83.8 Å². The van der Waals surface area contributed by atoms with Gasteiger partial charge in [0.15, 0.2) is 0 Å². The number of amides is 1. The van der Waals surface area contributed by atoms with E-state index in [1.165, 1.54) is 16.1 Å². The van der Waals surface area contributed by atoms with Crippen LogP contribution in [0, 0.1) is 27.7 Å². The minimum atomic E-state index is -3.53. The van der Waals surface area contributed by atoms with Gasteiger partial charge in [0.05, 0.1) is 24.7 Å². The fourth-order valence-corrected chi connectivity index (χ4v) is 5.23. The van der Waals surface area contributed by atoms with Crippen LogP contribution in [0.15, 0.2) is 84.0 Å². The number of nitrogens with one attached hydrogen (secondary N) is 1. The van der Waals surface area contributed by atoms with Gasteiger partial charge in [0, 0.05) is 28.2 Å². The average Bonchev–Trinajstić information content (AvgIpc) is 3.15. The van der Waals surface area contributed by atoms with Crippen LogP contribution >= 0.6 is 0 Å². The molecule has 0 saturated carbocycles. The second-order valence-corrected chi connectivity index (χ2v) is 11.4. The number of hydrazone groups is 1. The molecule has 4 rings (SSSR count). The highest BCUT2D eigenvalue weighted by atomic mass is 32.2. The van der Waals surface area contributed by atoms with Gasteiger partial charge in [0.2, 0.25) is 10.0 Å². The number of nitrogens with zero attached hydrogens (tertiary/aromatic N) is 3. The third kappa shape index (κ3) is 6.20. The zero-order valence-electron chi connectivity index (χ0n) is 22.3. The smallest absolute Gasteiger partial charge is 0.271 e. The lowest BCUT2D eigenvalue weighted by atomic mass is 10.1. The number of aryl methyl sites for hydroxylation is 3. The lowest BCUT2D eigenvalue weighted by Crippen LogP contribution is -2.29. The molecule has 0 spiro atoms. The molecule has 0 unspecified atom stereocenters. The van der Waals surface area contributed by atoms with E-state index in [2.05, 4.69) is 40.2 Å². The van der Waals surface area contributed by atoms with Gasteiger partial charge in [-0.1, -0.05) is 42.0 Å². The monoisotopic (exact) mass is 528 g/mol. The van der Waals surface area contributed by atoms with E-state index >= 15 is 0 Å². The molecule has 4 aromatic rings. The molecule has 1 heterocycles. The number of benzene rings is 3. The van der Waals surface area contributed by atoms with Crippen LogP contribution in [0.2, 0.25) is 0 Å². The van der Waals surface area contributed by atoms with E-state index in [9.17, 15) is 13.2 Å². The number of hydrogen-bond acceptors (Lipinski definition) is 4. The van der Waals surface area contributed by atoms with Crippen molar-refractivity contribution in [3.05, 3.63) is 118 Å². The van der Waals surface area contributed by atoms with E-state index in [1.54, 1.807) is 30.5 Å². The number of rotatable bonds is 8. The minimum absolute atomic E-state index is 0.204. The summed E-state index contributed by atoms with van der Waals surface area (Å²) in [4.78, 5) is 12.7. The Morgan fingerprint density at radius 1 is 0.921 bits per heavy atom. The lowest BCUT2D eigenvalue weighted by Gasteiger charge is -2.22. The number of carbonyl (C=O) groups excluding carboxylic acids is 1. The highest BCUT2D eigenvalue weighted by Crippen LogP contribution is 2.22. The van der Waals surface area contributed by atoms with Crippen LogP contribution in [0.5, 0.6) is 0 Å². The predicted molar refractivity (Wildman–Crippen MR) is 154 cm³/mol. The van der Waals surface area contributed by atoms with E-state index in [4.69, 9.17) is 0 Å².